The Morgan fingerprint density at radius 3 is 2.20 bits per heavy atom. The molecule has 2 amide bonds. The maximum Gasteiger partial charge on any atom is 0.253 e. The highest BCUT2D eigenvalue weighted by Gasteiger charge is 2.18. The lowest BCUT2D eigenvalue weighted by Crippen LogP contribution is -2.28. The fraction of sp³-hybridized carbons (Fsp3) is 0.364. The van der Waals surface area contributed by atoms with E-state index in [1.807, 2.05) is 0 Å². The van der Waals surface area contributed by atoms with Crippen molar-refractivity contribution in [2.75, 3.05) is 26.0 Å². The minimum Gasteiger partial charge on any atom is -0.345 e. The predicted molar refractivity (Wildman–Crippen MR) is 118 cm³/mol. The van der Waals surface area contributed by atoms with Crippen LogP contribution >= 0.6 is 0 Å². The third-order valence-corrected chi connectivity index (χ3v) is 5.95. The standard InChI is InChI=1S/C22H29N3O4S/c1-22(2,3)17-9-11-19(12-10-17)30(28,29)23-14-13-20(26)24-18-8-6-7-16(15-18)21(27)25(4)5/h6-12,15,23H,13-14H2,1-5H3,(H,24,26). The van der Waals surface area contributed by atoms with Crippen molar-refractivity contribution in [1.29, 1.82) is 0 Å². The molecule has 8 heteroatoms. The van der Waals surface area contributed by atoms with Crippen LogP contribution in [-0.2, 0) is 20.2 Å². The summed E-state index contributed by atoms with van der Waals surface area (Å²) in [5.41, 5.74) is 1.91. The van der Waals surface area contributed by atoms with Gasteiger partial charge in [-0.3, -0.25) is 9.59 Å². The number of sulfonamides is 1. The Hall–Kier alpha value is -2.71. The van der Waals surface area contributed by atoms with E-state index in [2.05, 4.69) is 30.8 Å². The van der Waals surface area contributed by atoms with Crippen molar-refractivity contribution >= 4 is 27.5 Å². The molecule has 2 N–H and O–H groups in total. The third kappa shape index (κ3) is 6.40. The molecule has 2 aromatic carbocycles. The molecule has 0 bridgehead atoms. The van der Waals surface area contributed by atoms with Gasteiger partial charge in [0.15, 0.2) is 0 Å². The van der Waals surface area contributed by atoms with Crippen LogP contribution in [0.15, 0.2) is 53.4 Å². The number of amides is 2. The molecule has 0 radical (unpaired) electrons. The Morgan fingerprint density at radius 1 is 1.00 bits per heavy atom. The number of carbonyl (C=O) groups is 2. The van der Waals surface area contributed by atoms with Crippen molar-refractivity contribution in [2.45, 2.75) is 37.5 Å². The first-order valence-electron chi connectivity index (χ1n) is 9.62. The van der Waals surface area contributed by atoms with Gasteiger partial charge in [0.1, 0.15) is 0 Å². The summed E-state index contributed by atoms with van der Waals surface area (Å²) in [5.74, 6) is -0.522. The fourth-order valence-corrected chi connectivity index (χ4v) is 3.76. The lowest BCUT2D eigenvalue weighted by atomic mass is 9.87. The molecule has 0 aromatic heterocycles. The smallest absolute Gasteiger partial charge is 0.253 e. The summed E-state index contributed by atoms with van der Waals surface area (Å²) in [7, 11) is -0.400. The molecule has 0 aliphatic heterocycles. The van der Waals surface area contributed by atoms with Gasteiger partial charge in [0.05, 0.1) is 4.90 Å². The average molecular weight is 432 g/mol. The molecule has 0 saturated heterocycles. The molecule has 2 rings (SSSR count). The largest absolute Gasteiger partial charge is 0.345 e. The maximum atomic E-state index is 12.4. The second-order valence-electron chi connectivity index (χ2n) is 8.25. The molecule has 30 heavy (non-hydrogen) atoms. The summed E-state index contributed by atoms with van der Waals surface area (Å²) in [6.45, 7) is 6.13. The van der Waals surface area contributed by atoms with E-state index in [0.29, 0.717) is 11.3 Å². The molecule has 0 heterocycles. The number of anilines is 1. The quantitative estimate of drug-likeness (QED) is 0.704. The van der Waals surface area contributed by atoms with Crippen LogP contribution in [0.3, 0.4) is 0 Å². The number of nitrogens with one attached hydrogen (secondary N) is 2. The van der Waals surface area contributed by atoms with E-state index >= 15 is 0 Å². The van der Waals surface area contributed by atoms with E-state index in [1.165, 1.54) is 4.90 Å². The van der Waals surface area contributed by atoms with Gasteiger partial charge in [0.2, 0.25) is 15.9 Å². The highest BCUT2D eigenvalue weighted by atomic mass is 32.2. The van der Waals surface area contributed by atoms with Crippen molar-refractivity contribution in [3.8, 4) is 0 Å². The van der Waals surface area contributed by atoms with Gasteiger partial charge in [-0.05, 0) is 41.3 Å². The average Bonchev–Trinajstić information content (AvgIpc) is 2.66. The van der Waals surface area contributed by atoms with Crippen LogP contribution in [0.5, 0.6) is 0 Å². The monoisotopic (exact) mass is 431 g/mol. The minimum atomic E-state index is -3.70. The maximum absolute atomic E-state index is 12.4. The summed E-state index contributed by atoms with van der Waals surface area (Å²) < 4.78 is 27.3. The van der Waals surface area contributed by atoms with Crippen LogP contribution in [0.4, 0.5) is 5.69 Å². The first-order chi connectivity index (χ1) is 13.9. The summed E-state index contributed by atoms with van der Waals surface area (Å²) >= 11 is 0. The Kier molecular flexibility index (Phi) is 7.39. The van der Waals surface area contributed by atoms with Gasteiger partial charge in [-0.2, -0.15) is 0 Å². The number of benzene rings is 2. The molecule has 0 aliphatic rings. The Bertz CT molecular complexity index is 1010. The summed E-state index contributed by atoms with van der Waals surface area (Å²) in [5, 5.41) is 2.68. The topological polar surface area (TPSA) is 95.6 Å². The van der Waals surface area contributed by atoms with Crippen molar-refractivity contribution in [1.82, 2.24) is 9.62 Å². The van der Waals surface area contributed by atoms with E-state index in [-0.39, 0.29) is 35.1 Å². The van der Waals surface area contributed by atoms with Gasteiger partial charge in [-0.1, -0.05) is 39.0 Å². The summed E-state index contributed by atoms with van der Waals surface area (Å²) in [6, 6.07) is 13.3. The molecule has 0 spiro atoms. The number of hydrogen-bond donors (Lipinski definition) is 2. The zero-order chi connectivity index (χ0) is 22.5. The van der Waals surface area contributed by atoms with Crippen LogP contribution in [0.2, 0.25) is 0 Å². The van der Waals surface area contributed by atoms with Crippen molar-refractivity contribution in [3.63, 3.8) is 0 Å². The summed E-state index contributed by atoms with van der Waals surface area (Å²) in [4.78, 5) is 25.8. The van der Waals surface area contributed by atoms with E-state index in [1.54, 1.807) is 62.6 Å². The molecular formula is C22H29N3O4S. The van der Waals surface area contributed by atoms with Gasteiger partial charge in [-0.15, -0.1) is 0 Å². The Labute approximate surface area is 178 Å². The van der Waals surface area contributed by atoms with E-state index in [0.717, 1.165) is 5.56 Å². The van der Waals surface area contributed by atoms with Crippen LogP contribution in [0.1, 0.15) is 43.1 Å². The highest BCUT2D eigenvalue weighted by molar-refractivity contribution is 7.89. The molecule has 162 valence electrons. The second-order valence-corrected chi connectivity index (χ2v) is 10.0. The number of rotatable bonds is 7. The molecule has 0 fully saturated rings. The number of carbonyl (C=O) groups excluding carboxylic acids is 2. The fourth-order valence-electron chi connectivity index (χ4n) is 2.73. The molecule has 2 aromatic rings. The zero-order valence-corrected chi connectivity index (χ0v) is 18.8. The lowest BCUT2D eigenvalue weighted by molar-refractivity contribution is -0.116. The normalized spacial score (nSPS) is 11.8. The van der Waals surface area contributed by atoms with Crippen LogP contribution in [0.25, 0.3) is 0 Å². The first-order valence-corrected chi connectivity index (χ1v) is 11.1. The summed E-state index contributed by atoms with van der Waals surface area (Å²) in [6.07, 6.45) is -0.0365. The Balaban J connectivity index is 1.92. The Morgan fingerprint density at radius 2 is 1.63 bits per heavy atom. The van der Waals surface area contributed by atoms with E-state index < -0.39 is 10.0 Å². The number of nitrogens with zero attached hydrogens (tertiary/aromatic N) is 1. The molecular weight excluding hydrogens is 402 g/mol. The van der Waals surface area contributed by atoms with E-state index in [9.17, 15) is 18.0 Å². The molecule has 0 unspecified atom stereocenters. The zero-order valence-electron chi connectivity index (χ0n) is 18.0. The highest BCUT2D eigenvalue weighted by Crippen LogP contribution is 2.23. The predicted octanol–water partition coefficient (Wildman–Crippen LogP) is 2.99. The van der Waals surface area contributed by atoms with Crippen LogP contribution in [-0.4, -0.2) is 45.8 Å². The molecule has 0 saturated carbocycles. The minimum absolute atomic E-state index is 0.0362. The molecule has 0 atom stereocenters. The van der Waals surface area contributed by atoms with Crippen molar-refractivity contribution < 1.29 is 18.0 Å². The van der Waals surface area contributed by atoms with Crippen molar-refractivity contribution in [3.05, 3.63) is 59.7 Å². The van der Waals surface area contributed by atoms with Crippen LogP contribution < -0.4 is 10.0 Å². The first kappa shape index (κ1) is 23.6. The molecule has 7 nitrogen and oxygen atoms in total. The second kappa shape index (κ2) is 9.40. The van der Waals surface area contributed by atoms with Gasteiger partial charge >= 0.3 is 0 Å². The SMILES string of the molecule is CN(C)C(=O)c1cccc(NC(=O)CCNS(=O)(=O)c2ccc(C(C)(C)C)cc2)c1. The lowest BCUT2D eigenvalue weighted by Gasteiger charge is -2.19. The third-order valence-electron chi connectivity index (χ3n) is 4.47. The van der Waals surface area contributed by atoms with Crippen molar-refractivity contribution in [2.24, 2.45) is 0 Å². The van der Waals surface area contributed by atoms with Gasteiger partial charge in [-0.25, -0.2) is 13.1 Å². The van der Waals surface area contributed by atoms with Gasteiger partial charge in [0.25, 0.3) is 5.91 Å². The van der Waals surface area contributed by atoms with Crippen LogP contribution in [0, 0.1) is 0 Å². The van der Waals surface area contributed by atoms with Gasteiger partial charge in [0, 0.05) is 38.3 Å². The number of hydrogen-bond acceptors (Lipinski definition) is 4. The van der Waals surface area contributed by atoms with Gasteiger partial charge < -0.3 is 10.2 Å². The van der Waals surface area contributed by atoms with E-state index in [4.69, 9.17) is 0 Å². The molecule has 0 aliphatic carbocycles.